The van der Waals surface area contributed by atoms with Crippen LogP contribution >= 0.6 is 0 Å². The van der Waals surface area contributed by atoms with E-state index in [1.807, 2.05) is 18.5 Å². The van der Waals surface area contributed by atoms with Gasteiger partial charge in [0.05, 0.1) is 26.4 Å². The van der Waals surface area contributed by atoms with E-state index in [0.29, 0.717) is 37.4 Å². The maximum Gasteiger partial charge on any atom is 0.490 e. The number of carbonyl (C=O) groups excluding carboxylic acids is 1. The molecule has 0 aromatic carbocycles. The zero-order chi connectivity index (χ0) is 28.5. The molecule has 3 aliphatic rings. The summed E-state index contributed by atoms with van der Waals surface area (Å²) in [6.07, 6.45) is -4.94. The first-order valence-corrected chi connectivity index (χ1v) is 11.4. The van der Waals surface area contributed by atoms with Gasteiger partial charge in [-0.3, -0.25) is 19.5 Å². The predicted octanol–water partition coefficient (Wildman–Crippen LogP) is 2.60. The number of hydrogen-bond acceptors (Lipinski definition) is 7. The highest BCUT2D eigenvalue weighted by Crippen LogP contribution is 2.36. The van der Waals surface area contributed by atoms with Crippen LogP contribution < -0.4 is 0 Å². The summed E-state index contributed by atoms with van der Waals surface area (Å²) in [4.78, 5) is 42.3. The minimum absolute atomic E-state index is 0.118. The van der Waals surface area contributed by atoms with E-state index in [0.717, 1.165) is 39.2 Å². The molecule has 3 saturated heterocycles. The van der Waals surface area contributed by atoms with Crippen LogP contribution in [-0.2, 0) is 30.5 Å². The number of alkyl halides is 6. The summed E-state index contributed by atoms with van der Waals surface area (Å²) in [6, 6.07) is 4.11. The van der Waals surface area contributed by atoms with Crippen molar-refractivity contribution in [3.63, 3.8) is 0 Å². The second-order valence-corrected chi connectivity index (χ2v) is 8.77. The van der Waals surface area contributed by atoms with Crippen molar-refractivity contribution in [2.45, 2.75) is 31.7 Å². The van der Waals surface area contributed by atoms with Crippen LogP contribution in [-0.4, -0.2) is 94.8 Å². The Kier molecular flexibility index (Phi) is 11.3. The average Bonchev–Trinajstić information content (AvgIpc) is 3.50. The lowest BCUT2D eigenvalue weighted by Crippen LogP contribution is -2.38. The fraction of sp³-hybridized carbons (Fsp3) is 0.636. The highest BCUT2D eigenvalue weighted by molar-refractivity contribution is 5.75. The van der Waals surface area contributed by atoms with E-state index < -0.39 is 24.3 Å². The molecule has 16 heteroatoms. The number of rotatable bonds is 4. The van der Waals surface area contributed by atoms with E-state index in [4.69, 9.17) is 29.4 Å². The number of carboxylic acid groups (broad SMARTS) is 2. The zero-order valence-electron chi connectivity index (χ0n) is 20.0. The molecule has 1 aromatic heterocycles. The first kappa shape index (κ1) is 31.2. The van der Waals surface area contributed by atoms with Gasteiger partial charge >= 0.3 is 24.3 Å². The highest BCUT2D eigenvalue weighted by Gasteiger charge is 2.42. The molecule has 0 aliphatic carbocycles. The Balaban J connectivity index is 0.000000301. The molecule has 10 nitrogen and oxygen atoms in total. The third-order valence-electron chi connectivity index (χ3n) is 5.92. The molecule has 3 atom stereocenters. The van der Waals surface area contributed by atoms with Crippen LogP contribution in [0.4, 0.5) is 26.3 Å². The lowest BCUT2D eigenvalue weighted by molar-refractivity contribution is -0.193. The van der Waals surface area contributed by atoms with Crippen molar-refractivity contribution in [1.82, 2.24) is 14.9 Å². The fourth-order valence-electron chi connectivity index (χ4n) is 4.25. The Hall–Kier alpha value is -2.98. The van der Waals surface area contributed by atoms with Crippen LogP contribution in [0, 0.1) is 17.8 Å². The van der Waals surface area contributed by atoms with Crippen molar-refractivity contribution >= 4 is 17.8 Å². The van der Waals surface area contributed by atoms with Gasteiger partial charge in [0.15, 0.2) is 0 Å². The topological polar surface area (TPSA) is 130 Å². The van der Waals surface area contributed by atoms with Crippen LogP contribution in [0.3, 0.4) is 0 Å². The Morgan fingerprint density at radius 1 is 1.03 bits per heavy atom. The minimum atomic E-state index is -5.08. The summed E-state index contributed by atoms with van der Waals surface area (Å²) < 4.78 is 69.3. The lowest BCUT2D eigenvalue weighted by Gasteiger charge is -2.33. The van der Waals surface area contributed by atoms with Crippen LogP contribution in [0.15, 0.2) is 24.5 Å². The standard InChI is InChI=1S/C18H25N3O3.2C2HF3O2/c22-18(21-5-2-6-24-21)7-15-12-23-13-16-10-20(11-17(15)16)9-14-3-1-4-19-8-14;2*3-2(4,5)1(6)7/h1,3-4,8,15-17H,2,5-7,9-13H2;2*(H,6,7)/t15-,16-,17+;;/m1../s1. The number of likely N-dealkylation sites (tertiary alicyclic amines) is 1. The van der Waals surface area contributed by atoms with Gasteiger partial charge in [-0.2, -0.15) is 26.3 Å². The minimum Gasteiger partial charge on any atom is -0.475 e. The summed E-state index contributed by atoms with van der Waals surface area (Å²) >= 11 is 0. The summed E-state index contributed by atoms with van der Waals surface area (Å²) in [6.45, 7) is 5.93. The number of hydrogen-bond donors (Lipinski definition) is 2. The van der Waals surface area contributed by atoms with Gasteiger partial charge in [-0.05, 0) is 35.8 Å². The fourth-order valence-corrected chi connectivity index (χ4v) is 4.25. The smallest absolute Gasteiger partial charge is 0.475 e. The zero-order valence-corrected chi connectivity index (χ0v) is 20.0. The summed E-state index contributed by atoms with van der Waals surface area (Å²) in [5.41, 5.74) is 1.25. The number of halogens is 6. The SMILES string of the molecule is O=C(C[C@@H]1COC[C@H]2CN(Cc3cccnc3)C[C@@H]12)N1CCCO1.O=C(O)C(F)(F)F.O=C(O)C(F)(F)F. The molecule has 4 heterocycles. The highest BCUT2D eigenvalue weighted by atomic mass is 19.4. The molecule has 3 aliphatic heterocycles. The van der Waals surface area contributed by atoms with E-state index in [2.05, 4.69) is 16.0 Å². The summed E-state index contributed by atoms with van der Waals surface area (Å²) in [7, 11) is 0. The molecule has 0 bridgehead atoms. The van der Waals surface area contributed by atoms with Crippen molar-refractivity contribution in [2.24, 2.45) is 17.8 Å². The monoisotopic (exact) mass is 559 g/mol. The molecule has 214 valence electrons. The van der Waals surface area contributed by atoms with Gasteiger partial charge in [0, 0.05) is 38.4 Å². The molecular formula is C22H27F6N3O7. The van der Waals surface area contributed by atoms with E-state index in [1.165, 1.54) is 5.56 Å². The summed E-state index contributed by atoms with van der Waals surface area (Å²) in [5, 5.41) is 15.8. The molecular weight excluding hydrogens is 532 g/mol. The van der Waals surface area contributed by atoms with Gasteiger partial charge in [-0.25, -0.2) is 14.7 Å². The van der Waals surface area contributed by atoms with Gasteiger partial charge in [0.2, 0.25) is 5.91 Å². The normalized spacial score (nSPS) is 23.4. The second kappa shape index (κ2) is 13.7. The van der Waals surface area contributed by atoms with E-state index in [-0.39, 0.29) is 5.91 Å². The number of aromatic nitrogens is 1. The summed E-state index contributed by atoms with van der Waals surface area (Å²) in [5.74, 6) is -4.01. The number of pyridine rings is 1. The van der Waals surface area contributed by atoms with Crippen molar-refractivity contribution in [3.05, 3.63) is 30.1 Å². The number of hydroxylamine groups is 2. The van der Waals surface area contributed by atoms with Gasteiger partial charge in [0.1, 0.15) is 0 Å². The van der Waals surface area contributed by atoms with Gasteiger partial charge in [-0.15, -0.1) is 0 Å². The van der Waals surface area contributed by atoms with Crippen molar-refractivity contribution in [3.8, 4) is 0 Å². The van der Waals surface area contributed by atoms with Crippen LogP contribution in [0.25, 0.3) is 0 Å². The molecule has 4 rings (SSSR count). The van der Waals surface area contributed by atoms with Crippen molar-refractivity contribution in [2.75, 3.05) is 39.5 Å². The third-order valence-corrected chi connectivity index (χ3v) is 5.92. The van der Waals surface area contributed by atoms with Gasteiger partial charge < -0.3 is 14.9 Å². The number of amides is 1. The Labute approximate surface area is 213 Å². The maximum atomic E-state index is 12.4. The number of nitrogens with zero attached hydrogens (tertiary/aromatic N) is 3. The first-order chi connectivity index (χ1) is 17.7. The number of ether oxygens (including phenoxy) is 1. The first-order valence-electron chi connectivity index (χ1n) is 11.4. The van der Waals surface area contributed by atoms with Crippen LogP contribution in [0.5, 0.6) is 0 Å². The molecule has 3 fully saturated rings. The third kappa shape index (κ3) is 10.1. The predicted molar refractivity (Wildman–Crippen MR) is 115 cm³/mol. The molecule has 1 amide bonds. The lowest BCUT2D eigenvalue weighted by atomic mass is 9.81. The Morgan fingerprint density at radius 3 is 2.16 bits per heavy atom. The quantitative estimate of drug-likeness (QED) is 0.535. The van der Waals surface area contributed by atoms with E-state index in [9.17, 15) is 31.1 Å². The average molecular weight is 559 g/mol. The Morgan fingerprint density at radius 2 is 1.66 bits per heavy atom. The molecule has 0 radical (unpaired) electrons. The van der Waals surface area contributed by atoms with E-state index in [1.54, 1.807) is 5.06 Å². The molecule has 0 saturated carbocycles. The Bertz CT molecular complexity index is 902. The van der Waals surface area contributed by atoms with E-state index >= 15 is 0 Å². The van der Waals surface area contributed by atoms with Crippen LogP contribution in [0.2, 0.25) is 0 Å². The molecule has 2 N–H and O–H groups in total. The van der Waals surface area contributed by atoms with Gasteiger partial charge in [0.25, 0.3) is 0 Å². The molecule has 0 unspecified atom stereocenters. The van der Waals surface area contributed by atoms with Gasteiger partial charge in [-0.1, -0.05) is 6.07 Å². The largest absolute Gasteiger partial charge is 0.490 e. The number of aliphatic carboxylic acids is 2. The number of fused-ring (bicyclic) bond motifs is 1. The molecule has 1 aromatic rings. The molecule has 38 heavy (non-hydrogen) atoms. The number of carboxylic acids is 2. The van der Waals surface area contributed by atoms with Crippen molar-refractivity contribution in [1.29, 1.82) is 0 Å². The molecule has 0 spiro atoms. The maximum absolute atomic E-state index is 12.4. The second-order valence-electron chi connectivity index (χ2n) is 8.77. The van der Waals surface area contributed by atoms with Crippen molar-refractivity contribution < 1.29 is 60.5 Å². The number of carbonyl (C=O) groups is 3. The van der Waals surface area contributed by atoms with Crippen LogP contribution in [0.1, 0.15) is 18.4 Å².